The molecule has 2 aliphatic rings. The van der Waals surface area contributed by atoms with Crippen molar-refractivity contribution < 1.29 is 4.74 Å². The number of morpholine rings is 1. The maximum absolute atomic E-state index is 13.4. The molecule has 1 aromatic carbocycles. The first kappa shape index (κ1) is 21.0. The molecule has 0 spiro atoms. The summed E-state index contributed by atoms with van der Waals surface area (Å²) >= 11 is 6.30. The molecule has 33 heavy (non-hydrogen) atoms. The predicted molar refractivity (Wildman–Crippen MR) is 130 cm³/mol. The molecule has 2 fully saturated rings. The fraction of sp³-hybridized carbons (Fsp3) is 0.440. The number of nitrogens with zero attached hydrogens (tertiary/aromatic N) is 5. The number of fused-ring (bicyclic) bond motifs is 2. The summed E-state index contributed by atoms with van der Waals surface area (Å²) in [6, 6.07) is 10.5. The molecule has 1 saturated heterocycles. The normalized spacial score (nSPS) is 17.4. The minimum absolute atomic E-state index is 0.0589. The standard InChI is InChI=1S/C25H28ClN5O2/c26-19-2-5-22-18(14-19)15-21(29(22)9-1-8-28-10-12-33-13-11-28)17-30-24-16-27-7-6-23(24)31(25(30)32)20-3-4-20/h2,5-7,14-16,20H,1,3-4,8-13,17H2. The van der Waals surface area contributed by atoms with Gasteiger partial charge in [0.1, 0.15) is 0 Å². The molecule has 0 unspecified atom stereocenters. The van der Waals surface area contributed by atoms with Crippen molar-refractivity contribution in [3.8, 4) is 0 Å². The highest BCUT2D eigenvalue weighted by molar-refractivity contribution is 6.31. The van der Waals surface area contributed by atoms with Gasteiger partial charge in [-0.2, -0.15) is 0 Å². The largest absolute Gasteiger partial charge is 0.379 e. The summed E-state index contributed by atoms with van der Waals surface area (Å²) < 4.78 is 11.7. The maximum Gasteiger partial charge on any atom is 0.329 e. The minimum atomic E-state index is 0.0589. The first-order valence-electron chi connectivity index (χ1n) is 11.8. The molecular weight excluding hydrogens is 438 g/mol. The highest BCUT2D eigenvalue weighted by atomic mass is 35.5. The first-order chi connectivity index (χ1) is 16.2. The lowest BCUT2D eigenvalue weighted by Gasteiger charge is -2.26. The third kappa shape index (κ3) is 3.98. The Balaban J connectivity index is 1.36. The van der Waals surface area contributed by atoms with Gasteiger partial charge in [-0.25, -0.2) is 4.79 Å². The molecule has 4 heterocycles. The molecule has 0 bridgehead atoms. The van der Waals surface area contributed by atoms with E-state index in [0.717, 1.165) is 91.3 Å². The molecule has 4 aromatic rings. The molecule has 1 aliphatic carbocycles. The van der Waals surface area contributed by atoms with Gasteiger partial charge in [-0.15, -0.1) is 0 Å². The van der Waals surface area contributed by atoms with Crippen molar-refractivity contribution >= 4 is 33.5 Å². The summed E-state index contributed by atoms with van der Waals surface area (Å²) in [5.41, 5.74) is 4.22. The number of aromatic nitrogens is 4. The highest BCUT2D eigenvalue weighted by Gasteiger charge is 2.29. The summed E-state index contributed by atoms with van der Waals surface area (Å²) in [5.74, 6) is 0. The molecule has 0 N–H and O–H groups in total. The smallest absolute Gasteiger partial charge is 0.329 e. The van der Waals surface area contributed by atoms with Crippen LogP contribution < -0.4 is 5.69 Å². The number of ether oxygens (including phenoxy) is 1. The Kier molecular flexibility index (Phi) is 5.48. The third-order valence-corrected chi connectivity index (χ3v) is 7.14. The Hall–Kier alpha value is -2.61. The van der Waals surface area contributed by atoms with Gasteiger partial charge in [0.15, 0.2) is 0 Å². The van der Waals surface area contributed by atoms with Crippen molar-refractivity contribution in [2.24, 2.45) is 0 Å². The average Bonchev–Trinajstić information content (AvgIpc) is 3.55. The zero-order chi connectivity index (χ0) is 22.4. The van der Waals surface area contributed by atoms with Gasteiger partial charge in [-0.1, -0.05) is 11.6 Å². The first-order valence-corrected chi connectivity index (χ1v) is 12.2. The van der Waals surface area contributed by atoms with Crippen molar-refractivity contribution in [1.29, 1.82) is 0 Å². The molecule has 6 rings (SSSR count). The highest BCUT2D eigenvalue weighted by Crippen LogP contribution is 2.36. The van der Waals surface area contributed by atoms with Gasteiger partial charge < -0.3 is 9.30 Å². The Morgan fingerprint density at radius 2 is 1.85 bits per heavy atom. The molecule has 172 valence electrons. The topological polar surface area (TPSA) is 57.2 Å². The number of benzene rings is 1. The van der Waals surface area contributed by atoms with Gasteiger partial charge in [0.25, 0.3) is 0 Å². The van der Waals surface area contributed by atoms with Crippen LogP contribution in [0.25, 0.3) is 21.9 Å². The van der Waals surface area contributed by atoms with Gasteiger partial charge in [-0.3, -0.25) is 19.0 Å². The second-order valence-corrected chi connectivity index (χ2v) is 9.57. The summed E-state index contributed by atoms with van der Waals surface area (Å²) in [5, 5.41) is 1.84. The van der Waals surface area contributed by atoms with Crippen LogP contribution in [0.2, 0.25) is 5.02 Å². The quantitative estimate of drug-likeness (QED) is 0.415. The Morgan fingerprint density at radius 1 is 1.00 bits per heavy atom. The fourth-order valence-corrected chi connectivity index (χ4v) is 5.28. The number of hydrogen-bond acceptors (Lipinski definition) is 4. The lowest BCUT2D eigenvalue weighted by atomic mass is 10.2. The number of pyridine rings is 1. The van der Waals surface area contributed by atoms with E-state index in [9.17, 15) is 4.79 Å². The van der Waals surface area contributed by atoms with E-state index in [4.69, 9.17) is 16.3 Å². The molecule has 0 amide bonds. The lowest BCUT2D eigenvalue weighted by molar-refractivity contribution is 0.0369. The van der Waals surface area contributed by atoms with E-state index in [2.05, 4.69) is 26.6 Å². The summed E-state index contributed by atoms with van der Waals surface area (Å²) in [6.45, 7) is 6.09. The second kappa shape index (κ2) is 8.63. The van der Waals surface area contributed by atoms with E-state index >= 15 is 0 Å². The van der Waals surface area contributed by atoms with Crippen LogP contribution >= 0.6 is 11.6 Å². The molecule has 1 saturated carbocycles. The van der Waals surface area contributed by atoms with Crippen molar-refractivity contribution in [2.45, 2.75) is 38.4 Å². The van der Waals surface area contributed by atoms with E-state index in [0.29, 0.717) is 12.6 Å². The molecule has 7 nitrogen and oxygen atoms in total. The Bertz CT molecular complexity index is 1360. The van der Waals surface area contributed by atoms with Gasteiger partial charge in [0, 0.05) is 60.0 Å². The van der Waals surface area contributed by atoms with E-state index in [1.807, 2.05) is 33.5 Å². The van der Waals surface area contributed by atoms with Crippen molar-refractivity contribution in [3.05, 3.63) is 63.9 Å². The molecular formula is C25H28ClN5O2. The zero-order valence-electron chi connectivity index (χ0n) is 18.6. The summed E-state index contributed by atoms with van der Waals surface area (Å²) in [7, 11) is 0. The van der Waals surface area contributed by atoms with Crippen LogP contribution in [0.4, 0.5) is 0 Å². The fourth-order valence-electron chi connectivity index (χ4n) is 5.10. The van der Waals surface area contributed by atoms with Gasteiger partial charge in [0.05, 0.1) is 37.0 Å². The number of rotatable bonds is 7. The van der Waals surface area contributed by atoms with Gasteiger partial charge in [0.2, 0.25) is 0 Å². The van der Waals surface area contributed by atoms with E-state index in [-0.39, 0.29) is 5.69 Å². The van der Waals surface area contributed by atoms with Crippen LogP contribution in [0.3, 0.4) is 0 Å². The van der Waals surface area contributed by atoms with Crippen LogP contribution in [0.15, 0.2) is 47.5 Å². The predicted octanol–water partition coefficient (Wildman–Crippen LogP) is 3.91. The Morgan fingerprint density at radius 3 is 2.67 bits per heavy atom. The van der Waals surface area contributed by atoms with Crippen LogP contribution in [0, 0.1) is 0 Å². The van der Waals surface area contributed by atoms with Crippen LogP contribution in [-0.2, 0) is 17.8 Å². The number of aryl methyl sites for hydroxylation is 1. The van der Waals surface area contributed by atoms with Gasteiger partial charge >= 0.3 is 5.69 Å². The van der Waals surface area contributed by atoms with Crippen LogP contribution in [0.1, 0.15) is 31.0 Å². The van der Waals surface area contributed by atoms with Crippen LogP contribution in [-0.4, -0.2) is 56.4 Å². The molecule has 8 heteroatoms. The number of halogens is 1. The minimum Gasteiger partial charge on any atom is -0.379 e. The monoisotopic (exact) mass is 465 g/mol. The maximum atomic E-state index is 13.4. The average molecular weight is 466 g/mol. The number of imidazole rings is 1. The molecule has 1 aliphatic heterocycles. The summed E-state index contributed by atoms with van der Waals surface area (Å²) in [6.07, 6.45) is 6.77. The Labute approximate surface area is 197 Å². The van der Waals surface area contributed by atoms with E-state index in [1.54, 1.807) is 6.20 Å². The lowest BCUT2D eigenvalue weighted by Crippen LogP contribution is -2.37. The van der Waals surface area contributed by atoms with Crippen molar-refractivity contribution in [3.63, 3.8) is 0 Å². The summed E-state index contributed by atoms with van der Waals surface area (Å²) in [4.78, 5) is 20.2. The van der Waals surface area contributed by atoms with E-state index in [1.165, 1.54) is 0 Å². The van der Waals surface area contributed by atoms with Gasteiger partial charge in [-0.05, 0) is 49.6 Å². The van der Waals surface area contributed by atoms with Crippen LogP contribution in [0.5, 0.6) is 0 Å². The zero-order valence-corrected chi connectivity index (χ0v) is 19.4. The SMILES string of the molecule is O=c1n(Cc2cc3cc(Cl)ccc3n2CCCN2CCOCC2)c2cnccc2n1C1CC1. The second-order valence-electron chi connectivity index (χ2n) is 9.13. The molecule has 0 atom stereocenters. The third-order valence-electron chi connectivity index (χ3n) is 6.91. The van der Waals surface area contributed by atoms with E-state index < -0.39 is 0 Å². The molecule has 0 radical (unpaired) electrons. The van der Waals surface area contributed by atoms with Crippen molar-refractivity contribution in [2.75, 3.05) is 32.8 Å². The van der Waals surface area contributed by atoms with Crippen molar-refractivity contribution in [1.82, 2.24) is 23.6 Å². The number of hydrogen-bond donors (Lipinski definition) is 0. The molecule has 3 aromatic heterocycles.